The Morgan fingerprint density at radius 3 is 2.62 bits per heavy atom. The standard InChI is InChI=1S/C19H26N2/c20-17-10-19(15-5-2-1-4-14(15)17)21-18-9-11-8-16(18)13-7-3-6-12(11)13/h1-2,4-5,11-13,16-19,21H,3,6-10,20H2. The van der Waals surface area contributed by atoms with Crippen LogP contribution in [0, 0.1) is 23.7 Å². The van der Waals surface area contributed by atoms with E-state index in [0.717, 1.165) is 36.1 Å². The summed E-state index contributed by atoms with van der Waals surface area (Å²) < 4.78 is 0. The van der Waals surface area contributed by atoms with E-state index in [2.05, 4.69) is 29.6 Å². The summed E-state index contributed by atoms with van der Waals surface area (Å²) in [6.07, 6.45) is 8.54. The molecule has 5 rings (SSSR count). The Morgan fingerprint density at radius 1 is 0.905 bits per heavy atom. The molecule has 0 amide bonds. The van der Waals surface area contributed by atoms with Crippen LogP contribution in [0.3, 0.4) is 0 Å². The second kappa shape index (κ2) is 4.57. The molecule has 1 aromatic rings. The van der Waals surface area contributed by atoms with E-state index in [-0.39, 0.29) is 6.04 Å². The Bertz CT molecular complexity index is 554. The molecule has 112 valence electrons. The summed E-state index contributed by atoms with van der Waals surface area (Å²) in [5.74, 6) is 4.13. The van der Waals surface area contributed by atoms with Crippen LogP contribution in [0.5, 0.6) is 0 Å². The molecular weight excluding hydrogens is 256 g/mol. The molecule has 0 radical (unpaired) electrons. The van der Waals surface area contributed by atoms with Gasteiger partial charge in [0.05, 0.1) is 0 Å². The van der Waals surface area contributed by atoms with Crippen LogP contribution in [-0.2, 0) is 0 Å². The van der Waals surface area contributed by atoms with Gasteiger partial charge in [-0.3, -0.25) is 0 Å². The predicted octanol–water partition coefficient (Wildman–Crippen LogP) is 3.55. The quantitative estimate of drug-likeness (QED) is 0.870. The molecule has 3 fully saturated rings. The van der Waals surface area contributed by atoms with Gasteiger partial charge < -0.3 is 11.1 Å². The third-order valence-corrected chi connectivity index (χ3v) is 7.10. The largest absolute Gasteiger partial charge is 0.324 e. The molecule has 21 heavy (non-hydrogen) atoms. The molecule has 2 heteroatoms. The molecule has 2 nitrogen and oxygen atoms in total. The lowest BCUT2D eigenvalue weighted by Crippen LogP contribution is -2.40. The number of nitrogens with one attached hydrogen (secondary N) is 1. The summed E-state index contributed by atoms with van der Waals surface area (Å²) in [7, 11) is 0. The number of hydrogen-bond donors (Lipinski definition) is 2. The van der Waals surface area contributed by atoms with Crippen LogP contribution in [0.25, 0.3) is 0 Å². The van der Waals surface area contributed by atoms with E-state index in [9.17, 15) is 0 Å². The number of benzene rings is 1. The third kappa shape index (κ3) is 1.78. The van der Waals surface area contributed by atoms with Crippen molar-refractivity contribution in [2.24, 2.45) is 29.4 Å². The van der Waals surface area contributed by atoms with Gasteiger partial charge in [-0.1, -0.05) is 30.7 Å². The molecular formula is C19H26N2. The molecule has 2 bridgehead atoms. The van der Waals surface area contributed by atoms with E-state index in [1.165, 1.54) is 43.2 Å². The fourth-order valence-electron chi connectivity index (χ4n) is 6.35. The number of nitrogens with two attached hydrogens (primary N) is 1. The van der Waals surface area contributed by atoms with Gasteiger partial charge in [-0.2, -0.15) is 0 Å². The number of fused-ring (bicyclic) bond motifs is 6. The maximum Gasteiger partial charge on any atom is 0.0344 e. The minimum atomic E-state index is 0.233. The van der Waals surface area contributed by atoms with Crippen LogP contribution in [-0.4, -0.2) is 6.04 Å². The summed E-state index contributed by atoms with van der Waals surface area (Å²) in [4.78, 5) is 0. The molecule has 3 N–H and O–H groups in total. The molecule has 1 aromatic carbocycles. The number of hydrogen-bond acceptors (Lipinski definition) is 2. The molecule has 0 saturated heterocycles. The van der Waals surface area contributed by atoms with Crippen LogP contribution in [0.2, 0.25) is 0 Å². The van der Waals surface area contributed by atoms with E-state index in [1.54, 1.807) is 0 Å². The molecule has 4 aliphatic carbocycles. The lowest BCUT2D eigenvalue weighted by atomic mass is 9.79. The van der Waals surface area contributed by atoms with Crippen molar-refractivity contribution in [3.63, 3.8) is 0 Å². The average Bonchev–Trinajstić information content (AvgIpc) is 3.22. The van der Waals surface area contributed by atoms with Gasteiger partial charge in [0.2, 0.25) is 0 Å². The maximum atomic E-state index is 6.33. The fourth-order valence-corrected chi connectivity index (χ4v) is 6.35. The van der Waals surface area contributed by atoms with Gasteiger partial charge in [0.1, 0.15) is 0 Å². The first kappa shape index (κ1) is 12.7. The van der Waals surface area contributed by atoms with Crippen LogP contribution < -0.4 is 11.1 Å². The van der Waals surface area contributed by atoms with E-state index in [4.69, 9.17) is 5.73 Å². The van der Waals surface area contributed by atoms with Crippen LogP contribution >= 0.6 is 0 Å². The molecule has 0 spiro atoms. The molecule has 0 aliphatic heterocycles. The van der Waals surface area contributed by atoms with E-state index < -0.39 is 0 Å². The molecule has 7 atom stereocenters. The zero-order valence-electron chi connectivity index (χ0n) is 12.7. The van der Waals surface area contributed by atoms with E-state index in [0.29, 0.717) is 6.04 Å². The van der Waals surface area contributed by atoms with Gasteiger partial charge in [-0.05, 0) is 66.9 Å². The fraction of sp³-hybridized carbons (Fsp3) is 0.684. The van der Waals surface area contributed by atoms with Gasteiger partial charge in [0.25, 0.3) is 0 Å². The smallest absolute Gasteiger partial charge is 0.0344 e. The summed E-state index contributed by atoms with van der Waals surface area (Å²) >= 11 is 0. The summed E-state index contributed by atoms with van der Waals surface area (Å²) in [5, 5.41) is 4.03. The van der Waals surface area contributed by atoms with Crippen LogP contribution in [0.15, 0.2) is 24.3 Å². The number of rotatable bonds is 2. The highest BCUT2D eigenvalue weighted by Gasteiger charge is 2.54. The van der Waals surface area contributed by atoms with Crippen molar-refractivity contribution in [1.29, 1.82) is 0 Å². The SMILES string of the molecule is NC1CC(NC2CC3CC2C2CCCC32)c2ccccc21. The normalized spacial score (nSPS) is 46.8. The summed E-state index contributed by atoms with van der Waals surface area (Å²) in [6.45, 7) is 0. The van der Waals surface area contributed by atoms with Gasteiger partial charge in [0, 0.05) is 18.1 Å². The lowest BCUT2D eigenvalue weighted by Gasteiger charge is -2.34. The minimum absolute atomic E-state index is 0.233. The molecule has 7 unspecified atom stereocenters. The van der Waals surface area contributed by atoms with Gasteiger partial charge in [0.15, 0.2) is 0 Å². The Kier molecular flexibility index (Phi) is 2.75. The van der Waals surface area contributed by atoms with E-state index in [1.807, 2.05) is 0 Å². The van der Waals surface area contributed by atoms with E-state index >= 15 is 0 Å². The monoisotopic (exact) mass is 282 g/mol. The second-order valence-corrected chi connectivity index (χ2v) is 7.95. The second-order valence-electron chi connectivity index (χ2n) is 7.95. The first-order chi connectivity index (χ1) is 10.3. The van der Waals surface area contributed by atoms with Crippen molar-refractivity contribution in [3.05, 3.63) is 35.4 Å². The van der Waals surface area contributed by atoms with Crippen molar-refractivity contribution in [2.45, 2.75) is 56.7 Å². The first-order valence-electron chi connectivity index (χ1n) is 8.91. The highest BCUT2D eigenvalue weighted by Crippen LogP contribution is 2.59. The Hall–Kier alpha value is -0.860. The Labute approximate surface area is 127 Å². The zero-order valence-corrected chi connectivity index (χ0v) is 12.7. The highest BCUT2D eigenvalue weighted by molar-refractivity contribution is 5.37. The van der Waals surface area contributed by atoms with Gasteiger partial charge >= 0.3 is 0 Å². The van der Waals surface area contributed by atoms with Crippen molar-refractivity contribution in [3.8, 4) is 0 Å². The van der Waals surface area contributed by atoms with Gasteiger partial charge in [-0.25, -0.2) is 0 Å². The Balaban J connectivity index is 1.36. The summed E-state index contributed by atoms with van der Waals surface area (Å²) in [6, 6.07) is 10.3. The summed E-state index contributed by atoms with van der Waals surface area (Å²) in [5.41, 5.74) is 9.17. The van der Waals surface area contributed by atoms with Gasteiger partial charge in [-0.15, -0.1) is 0 Å². The molecule has 0 heterocycles. The maximum absolute atomic E-state index is 6.33. The van der Waals surface area contributed by atoms with Crippen LogP contribution in [0.4, 0.5) is 0 Å². The molecule has 0 aromatic heterocycles. The highest BCUT2D eigenvalue weighted by atomic mass is 15.0. The Morgan fingerprint density at radius 2 is 1.71 bits per heavy atom. The van der Waals surface area contributed by atoms with Crippen molar-refractivity contribution >= 4 is 0 Å². The van der Waals surface area contributed by atoms with Crippen LogP contribution in [0.1, 0.15) is 61.7 Å². The molecule has 3 saturated carbocycles. The average molecular weight is 282 g/mol. The zero-order chi connectivity index (χ0) is 14.0. The minimum Gasteiger partial charge on any atom is -0.324 e. The third-order valence-electron chi connectivity index (χ3n) is 7.10. The lowest BCUT2D eigenvalue weighted by molar-refractivity contribution is 0.197. The first-order valence-corrected chi connectivity index (χ1v) is 8.91. The predicted molar refractivity (Wildman–Crippen MR) is 84.7 cm³/mol. The molecule has 4 aliphatic rings. The van der Waals surface area contributed by atoms with Crippen molar-refractivity contribution in [2.75, 3.05) is 0 Å². The van der Waals surface area contributed by atoms with Crippen molar-refractivity contribution < 1.29 is 0 Å². The van der Waals surface area contributed by atoms with Crippen molar-refractivity contribution in [1.82, 2.24) is 5.32 Å². The topological polar surface area (TPSA) is 38.0 Å².